The van der Waals surface area contributed by atoms with Crippen molar-refractivity contribution in [3.8, 4) is 0 Å². The molecule has 0 aromatic carbocycles. The molecule has 0 radical (unpaired) electrons. The molecular formula is C14H27N3O. The van der Waals surface area contributed by atoms with Crippen LogP contribution in [0.4, 0.5) is 0 Å². The maximum atomic E-state index is 12.6. The van der Waals surface area contributed by atoms with Gasteiger partial charge in [0.2, 0.25) is 5.91 Å². The van der Waals surface area contributed by atoms with E-state index in [0.29, 0.717) is 17.9 Å². The van der Waals surface area contributed by atoms with Crippen LogP contribution in [0.1, 0.15) is 32.6 Å². The van der Waals surface area contributed by atoms with Crippen LogP contribution in [0.5, 0.6) is 0 Å². The van der Waals surface area contributed by atoms with Gasteiger partial charge in [-0.25, -0.2) is 0 Å². The highest BCUT2D eigenvalue weighted by atomic mass is 16.2. The Labute approximate surface area is 111 Å². The van der Waals surface area contributed by atoms with E-state index in [2.05, 4.69) is 36.1 Å². The highest BCUT2D eigenvalue weighted by molar-refractivity contribution is 5.82. The third-order valence-corrected chi connectivity index (χ3v) is 4.20. The lowest BCUT2D eigenvalue weighted by molar-refractivity contribution is -0.135. The monoisotopic (exact) mass is 253 g/mol. The van der Waals surface area contributed by atoms with Gasteiger partial charge in [-0.05, 0) is 52.2 Å². The van der Waals surface area contributed by atoms with Crippen LogP contribution in [0.3, 0.4) is 0 Å². The molecule has 4 heteroatoms. The third-order valence-electron chi connectivity index (χ3n) is 4.20. The predicted octanol–water partition coefficient (Wildman–Crippen LogP) is 0.927. The summed E-state index contributed by atoms with van der Waals surface area (Å²) in [7, 11) is 4.17. The standard InChI is InChI=1S/C14H27N3O/c1-11-6-7-15-13(9-11)14(18)17-8-4-5-12(17)10-16(2)3/h11-13,15H,4-10H2,1-3H3. The van der Waals surface area contributed by atoms with E-state index in [-0.39, 0.29) is 6.04 Å². The summed E-state index contributed by atoms with van der Waals surface area (Å²) in [5.41, 5.74) is 0. The van der Waals surface area contributed by atoms with Gasteiger partial charge in [-0.2, -0.15) is 0 Å². The molecule has 2 rings (SSSR count). The topological polar surface area (TPSA) is 35.6 Å². The van der Waals surface area contributed by atoms with E-state index >= 15 is 0 Å². The lowest BCUT2D eigenvalue weighted by atomic mass is 9.93. The molecule has 2 heterocycles. The van der Waals surface area contributed by atoms with Crippen LogP contribution in [0.2, 0.25) is 0 Å². The number of likely N-dealkylation sites (tertiary alicyclic amines) is 1. The zero-order chi connectivity index (χ0) is 13.1. The molecule has 4 nitrogen and oxygen atoms in total. The number of nitrogens with zero attached hydrogens (tertiary/aromatic N) is 2. The molecule has 0 aromatic heterocycles. The van der Waals surface area contributed by atoms with Gasteiger partial charge in [0.1, 0.15) is 0 Å². The van der Waals surface area contributed by atoms with Gasteiger partial charge in [-0.1, -0.05) is 6.92 Å². The normalized spacial score (nSPS) is 33.1. The molecule has 2 saturated heterocycles. The van der Waals surface area contributed by atoms with E-state index < -0.39 is 0 Å². The van der Waals surface area contributed by atoms with Crippen molar-refractivity contribution in [2.24, 2.45) is 5.92 Å². The predicted molar refractivity (Wildman–Crippen MR) is 73.5 cm³/mol. The lowest BCUT2D eigenvalue weighted by Crippen LogP contribution is -2.52. The van der Waals surface area contributed by atoms with Crippen molar-refractivity contribution in [1.29, 1.82) is 0 Å². The van der Waals surface area contributed by atoms with Gasteiger partial charge in [0.25, 0.3) is 0 Å². The highest BCUT2D eigenvalue weighted by Gasteiger charge is 2.34. The molecule has 1 amide bonds. The van der Waals surface area contributed by atoms with Gasteiger partial charge in [-0.15, -0.1) is 0 Å². The summed E-state index contributed by atoms with van der Waals surface area (Å²) >= 11 is 0. The summed E-state index contributed by atoms with van der Waals surface area (Å²) in [4.78, 5) is 16.9. The Kier molecular flexibility index (Phi) is 4.62. The average molecular weight is 253 g/mol. The molecule has 0 bridgehead atoms. The van der Waals surface area contributed by atoms with E-state index in [0.717, 1.165) is 38.9 Å². The zero-order valence-corrected chi connectivity index (χ0v) is 12.0. The minimum atomic E-state index is 0.0662. The summed E-state index contributed by atoms with van der Waals surface area (Å²) in [5, 5.41) is 3.40. The molecule has 0 aromatic rings. The first-order chi connectivity index (χ1) is 8.58. The molecule has 18 heavy (non-hydrogen) atoms. The number of likely N-dealkylation sites (N-methyl/N-ethyl adjacent to an activating group) is 1. The molecular weight excluding hydrogens is 226 g/mol. The first-order valence-electron chi connectivity index (χ1n) is 7.26. The van der Waals surface area contributed by atoms with Gasteiger partial charge in [0.05, 0.1) is 6.04 Å². The summed E-state index contributed by atoms with van der Waals surface area (Å²) in [6, 6.07) is 0.489. The van der Waals surface area contributed by atoms with E-state index in [1.165, 1.54) is 6.42 Å². The van der Waals surface area contributed by atoms with Crippen LogP contribution < -0.4 is 5.32 Å². The first-order valence-corrected chi connectivity index (χ1v) is 7.26. The van der Waals surface area contributed by atoms with Crippen molar-refractivity contribution in [3.05, 3.63) is 0 Å². The first kappa shape index (κ1) is 13.8. The van der Waals surface area contributed by atoms with Gasteiger partial charge in [0.15, 0.2) is 0 Å². The number of nitrogens with one attached hydrogen (secondary N) is 1. The van der Waals surface area contributed by atoms with E-state index in [1.807, 2.05) is 0 Å². The van der Waals surface area contributed by atoms with Gasteiger partial charge >= 0.3 is 0 Å². The second-order valence-electron chi connectivity index (χ2n) is 6.23. The van der Waals surface area contributed by atoms with E-state index in [4.69, 9.17) is 0 Å². The van der Waals surface area contributed by atoms with Crippen molar-refractivity contribution in [2.45, 2.75) is 44.7 Å². The number of rotatable bonds is 3. The molecule has 0 spiro atoms. The SMILES string of the molecule is CC1CCNC(C(=O)N2CCCC2CN(C)C)C1. The number of hydrogen-bond acceptors (Lipinski definition) is 3. The third kappa shape index (κ3) is 3.23. The number of piperidine rings is 1. The second kappa shape index (κ2) is 6.02. The number of carbonyl (C=O) groups is 1. The second-order valence-corrected chi connectivity index (χ2v) is 6.23. The maximum absolute atomic E-state index is 12.6. The molecule has 1 N–H and O–H groups in total. The Balaban J connectivity index is 1.94. The summed E-state index contributed by atoms with van der Waals surface area (Å²) < 4.78 is 0. The van der Waals surface area contributed by atoms with Gasteiger partial charge in [0, 0.05) is 19.1 Å². The lowest BCUT2D eigenvalue weighted by Gasteiger charge is -2.34. The van der Waals surface area contributed by atoms with Crippen LogP contribution in [0.15, 0.2) is 0 Å². The minimum Gasteiger partial charge on any atom is -0.337 e. The average Bonchev–Trinajstić information content (AvgIpc) is 2.75. The van der Waals surface area contributed by atoms with Crippen molar-refractivity contribution in [1.82, 2.24) is 15.1 Å². The van der Waals surface area contributed by atoms with Crippen LogP contribution in [-0.4, -0.2) is 61.5 Å². The Bertz CT molecular complexity index is 293. The minimum absolute atomic E-state index is 0.0662. The van der Waals surface area contributed by atoms with Gasteiger partial charge < -0.3 is 15.1 Å². The zero-order valence-electron chi connectivity index (χ0n) is 12.0. The molecule has 2 aliphatic rings. The molecule has 0 saturated carbocycles. The number of amides is 1. The fourth-order valence-electron chi connectivity index (χ4n) is 3.23. The van der Waals surface area contributed by atoms with Crippen LogP contribution in [0, 0.1) is 5.92 Å². The Morgan fingerprint density at radius 1 is 1.39 bits per heavy atom. The van der Waals surface area contributed by atoms with Gasteiger partial charge in [-0.3, -0.25) is 4.79 Å². The number of hydrogen-bond donors (Lipinski definition) is 1. The van der Waals surface area contributed by atoms with Crippen LogP contribution >= 0.6 is 0 Å². The smallest absolute Gasteiger partial charge is 0.240 e. The molecule has 104 valence electrons. The Morgan fingerprint density at radius 3 is 2.83 bits per heavy atom. The van der Waals surface area contributed by atoms with Crippen molar-refractivity contribution in [3.63, 3.8) is 0 Å². The Morgan fingerprint density at radius 2 is 2.17 bits per heavy atom. The summed E-state index contributed by atoms with van der Waals surface area (Å²) in [6.45, 7) is 5.18. The quantitative estimate of drug-likeness (QED) is 0.812. The molecule has 0 aliphatic carbocycles. The number of carbonyl (C=O) groups excluding carboxylic acids is 1. The fraction of sp³-hybridized carbons (Fsp3) is 0.929. The van der Waals surface area contributed by atoms with Crippen molar-refractivity contribution >= 4 is 5.91 Å². The largest absolute Gasteiger partial charge is 0.337 e. The Hall–Kier alpha value is -0.610. The van der Waals surface area contributed by atoms with Crippen LogP contribution in [0.25, 0.3) is 0 Å². The van der Waals surface area contributed by atoms with Crippen molar-refractivity contribution in [2.75, 3.05) is 33.7 Å². The summed E-state index contributed by atoms with van der Waals surface area (Å²) in [6.07, 6.45) is 4.52. The molecule has 3 unspecified atom stereocenters. The van der Waals surface area contributed by atoms with E-state index in [1.54, 1.807) is 0 Å². The van der Waals surface area contributed by atoms with E-state index in [9.17, 15) is 4.79 Å². The van der Waals surface area contributed by atoms with Crippen LogP contribution in [-0.2, 0) is 4.79 Å². The summed E-state index contributed by atoms with van der Waals surface area (Å²) in [5.74, 6) is 1.01. The molecule has 2 fully saturated rings. The van der Waals surface area contributed by atoms with Crippen molar-refractivity contribution < 1.29 is 4.79 Å². The fourth-order valence-corrected chi connectivity index (χ4v) is 3.23. The maximum Gasteiger partial charge on any atom is 0.240 e. The molecule has 3 atom stereocenters. The molecule has 2 aliphatic heterocycles. The highest BCUT2D eigenvalue weighted by Crippen LogP contribution is 2.22.